The van der Waals surface area contributed by atoms with Crippen LogP contribution in [0.2, 0.25) is 0 Å². The van der Waals surface area contributed by atoms with E-state index in [0.29, 0.717) is 63.7 Å². The van der Waals surface area contributed by atoms with Crippen molar-refractivity contribution < 1.29 is 41.7 Å². The van der Waals surface area contributed by atoms with Crippen molar-refractivity contribution in [3.8, 4) is 22.9 Å². The number of allylic oxidation sites excluding steroid dienone is 1. The van der Waals surface area contributed by atoms with Gasteiger partial charge in [-0.15, -0.1) is 11.3 Å². The van der Waals surface area contributed by atoms with Gasteiger partial charge in [-0.25, -0.2) is 9.97 Å². The zero-order chi connectivity index (χ0) is 45.2. The lowest BCUT2D eigenvalue weighted by Gasteiger charge is -2.32. The fraction of sp³-hybridized carbons (Fsp3) is 0.404. The zero-order valence-corrected chi connectivity index (χ0v) is 37.5. The predicted octanol–water partition coefficient (Wildman–Crippen LogP) is 9.86. The molecule has 17 heteroatoms. The van der Waals surface area contributed by atoms with Gasteiger partial charge in [0.2, 0.25) is 19.2 Å². The Morgan fingerprint density at radius 1 is 1.02 bits per heavy atom. The number of rotatable bonds is 11. The van der Waals surface area contributed by atoms with Crippen LogP contribution < -0.4 is 25.4 Å². The number of halogens is 3. The number of ether oxygens (including phenoxy) is 2. The number of amides is 2. The minimum absolute atomic E-state index is 0.0110. The molecule has 0 bridgehead atoms. The molecule has 0 spiro atoms. The number of fused-ring (bicyclic) bond motifs is 3. The summed E-state index contributed by atoms with van der Waals surface area (Å²) < 4.78 is 69.7. The number of benzene rings is 3. The Morgan fingerprint density at radius 2 is 1.80 bits per heavy atom. The van der Waals surface area contributed by atoms with E-state index in [9.17, 15) is 32.2 Å². The van der Waals surface area contributed by atoms with Crippen LogP contribution in [0.15, 0.2) is 96.4 Å². The summed E-state index contributed by atoms with van der Waals surface area (Å²) >= 11 is 1.43. The van der Waals surface area contributed by atoms with E-state index in [0.717, 1.165) is 12.5 Å². The minimum Gasteiger partial charge on any atom is -0.497 e. The largest absolute Gasteiger partial charge is 0.497 e. The van der Waals surface area contributed by atoms with Gasteiger partial charge in [0.1, 0.15) is 40.7 Å². The van der Waals surface area contributed by atoms with Crippen molar-refractivity contribution in [2.24, 2.45) is 5.92 Å². The van der Waals surface area contributed by atoms with Crippen molar-refractivity contribution >= 4 is 52.2 Å². The number of pyridine rings is 1. The number of alkyl halides is 3. The Hall–Kier alpha value is -5.44. The van der Waals surface area contributed by atoms with E-state index in [2.05, 4.69) is 16.0 Å². The zero-order valence-electron chi connectivity index (χ0n) is 35.8. The van der Waals surface area contributed by atoms with Gasteiger partial charge in [0.25, 0.3) is 0 Å². The summed E-state index contributed by atoms with van der Waals surface area (Å²) in [5, 5.41) is 11.0. The van der Waals surface area contributed by atoms with E-state index in [4.69, 9.17) is 19.4 Å². The summed E-state index contributed by atoms with van der Waals surface area (Å²) in [4.78, 5) is 52.7. The number of nitrogens with one attached hydrogen (secondary N) is 3. The quantitative estimate of drug-likeness (QED) is 0.0744. The Morgan fingerprint density at radius 3 is 2.56 bits per heavy atom. The van der Waals surface area contributed by atoms with Crippen LogP contribution in [0.25, 0.3) is 22.3 Å². The molecule has 1 saturated heterocycles. The van der Waals surface area contributed by atoms with Crippen molar-refractivity contribution in [2.75, 3.05) is 24.3 Å². The maximum Gasteiger partial charge on any atom is 0.418 e. The number of para-hydroxylation sites is 1. The molecule has 4 N–H and O–H groups in total. The number of hydrogen-bond donors (Lipinski definition) is 4. The molecule has 338 valence electrons. The third-order valence-electron chi connectivity index (χ3n) is 12.1. The first kappa shape index (κ1) is 45.1. The first-order valence-electron chi connectivity index (χ1n) is 21.6. The molecule has 0 radical (unpaired) electrons. The highest BCUT2D eigenvalue weighted by Crippen LogP contribution is 2.71. The van der Waals surface area contributed by atoms with Crippen LogP contribution >= 0.6 is 18.7 Å². The van der Waals surface area contributed by atoms with E-state index >= 15 is 0 Å². The molecular weight excluding hydrogens is 865 g/mol. The molecule has 4 heterocycles. The number of methoxy groups -OCH3 is 1. The third-order valence-corrected chi connectivity index (χ3v) is 15.5. The number of hydrogen-bond acceptors (Lipinski definition) is 10. The molecule has 2 aromatic heterocycles. The summed E-state index contributed by atoms with van der Waals surface area (Å²) in [7, 11) is -2.58. The lowest BCUT2D eigenvalue weighted by molar-refractivity contribution is -0.139. The molecule has 5 aromatic rings. The topological polar surface area (TPSA) is 155 Å². The summed E-state index contributed by atoms with van der Waals surface area (Å²) in [5.74, 6) is -0.659. The SMILES string of the molecule is COc1ccc2c(O[C@@H]3C[C@H]4C(=O)N[C@]5(P(=O)(O)Cc6ccccc6)C[C@H]5C=CCCCCC[C@H](Nc5ccccc5C(F)(F)F)C(=O)N4C3)cc(-c3csc(NC(C)C)n3)nc2c1. The molecular formula is C47H52F3N6O6PS. The summed E-state index contributed by atoms with van der Waals surface area (Å²) in [6, 6.07) is 18.9. The van der Waals surface area contributed by atoms with Gasteiger partial charge in [0.15, 0.2) is 5.13 Å². The number of aromatic nitrogens is 2. The number of carbonyl (C=O) groups excluding carboxylic acids is 2. The van der Waals surface area contributed by atoms with Crippen molar-refractivity contribution in [1.82, 2.24) is 20.2 Å². The summed E-state index contributed by atoms with van der Waals surface area (Å²) in [6.07, 6.45) is 1.23. The molecule has 3 aliphatic rings. The number of anilines is 2. The van der Waals surface area contributed by atoms with Crippen molar-refractivity contribution in [2.45, 2.75) is 101 Å². The summed E-state index contributed by atoms with van der Waals surface area (Å²) in [6.45, 7) is 3.93. The second kappa shape index (κ2) is 18.6. The standard InChI is InChI=1S/C47H52F3N6O6PS/c1-29(2)51-45-54-40(28-64-45)39-24-42(34-21-20-32(61-3)22-38(34)53-39)62-33-23-41-43(57)55-46(63(59,60)27-30-14-8-7-9-15-30)25-31(46)16-10-5-4-6-11-19-37(44(58)56(41)26-33)52-36-18-13-12-17-35(36)47(48,49)50/h7-10,12-18,20-22,24,28-29,31,33,37,41,52H,4-6,11,19,23,25-27H2,1-3H3,(H,51,54)(H,55,57)(H,59,60)/t31-,33-,37+,41+,46+/m1/s1. The monoisotopic (exact) mass is 916 g/mol. The Kier molecular flexibility index (Phi) is 13.1. The van der Waals surface area contributed by atoms with E-state index in [1.807, 2.05) is 43.5 Å². The van der Waals surface area contributed by atoms with Crippen LogP contribution in [0, 0.1) is 5.92 Å². The van der Waals surface area contributed by atoms with E-state index in [1.54, 1.807) is 49.6 Å². The van der Waals surface area contributed by atoms with Gasteiger partial charge in [0, 0.05) is 47.0 Å². The molecule has 8 rings (SSSR count). The normalized spacial score (nSPS) is 23.9. The van der Waals surface area contributed by atoms with Gasteiger partial charge in [-0.1, -0.05) is 67.5 Å². The predicted molar refractivity (Wildman–Crippen MR) is 243 cm³/mol. The van der Waals surface area contributed by atoms with Gasteiger partial charge in [-0.05, 0) is 69.4 Å². The Bertz CT molecular complexity index is 2570. The number of carbonyl (C=O) groups is 2. The van der Waals surface area contributed by atoms with E-state index < -0.39 is 60.3 Å². The molecule has 64 heavy (non-hydrogen) atoms. The fourth-order valence-corrected chi connectivity index (χ4v) is 12.0. The Balaban J connectivity index is 1.17. The molecule has 6 atom stereocenters. The van der Waals surface area contributed by atoms with Crippen LogP contribution in [0.5, 0.6) is 11.5 Å². The molecule has 2 fully saturated rings. The lowest BCUT2D eigenvalue weighted by atomic mass is 10.0. The molecule has 2 aliphatic heterocycles. The molecule has 3 aromatic carbocycles. The highest BCUT2D eigenvalue weighted by molar-refractivity contribution is 7.59. The number of thiazole rings is 1. The summed E-state index contributed by atoms with van der Waals surface area (Å²) in [5.41, 5.74) is 1.16. The van der Waals surface area contributed by atoms with E-state index in [1.165, 1.54) is 34.4 Å². The highest BCUT2D eigenvalue weighted by Gasteiger charge is 2.66. The second-order valence-corrected chi connectivity index (χ2v) is 20.5. The average molecular weight is 917 g/mol. The van der Waals surface area contributed by atoms with Crippen molar-refractivity contribution in [1.29, 1.82) is 0 Å². The molecule has 2 amide bonds. The van der Waals surface area contributed by atoms with Gasteiger partial charge >= 0.3 is 6.18 Å². The smallest absolute Gasteiger partial charge is 0.418 e. The van der Waals surface area contributed by atoms with Crippen LogP contribution in [-0.2, 0) is 26.5 Å². The molecule has 1 aliphatic carbocycles. The Labute approximate surface area is 374 Å². The molecule has 12 nitrogen and oxygen atoms in total. The maximum atomic E-state index is 15.0. The van der Waals surface area contributed by atoms with Gasteiger partial charge in [0.05, 0.1) is 36.6 Å². The van der Waals surface area contributed by atoms with Gasteiger partial charge in [-0.3, -0.25) is 14.2 Å². The van der Waals surface area contributed by atoms with Gasteiger partial charge < -0.3 is 35.2 Å². The average Bonchev–Trinajstić information content (AvgIpc) is 3.53. The number of nitrogens with zero attached hydrogens (tertiary/aromatic N) is 3. The first-order valence-corrected chi connectivity index (χ1v) is 24.3. The maximum absolute atomic E-state index is 15.0. The van der Waals surface area contributed by atoms with E-state index in [-0.39, 0.29) is 43.7 Å². The van der Waals surface area contributed by atoms with Crippen LogP contribution in [0.3, 0.4) is 0 Å². The highest BCUT2D eigenvalue weighted by atomic mass is 32.1. The van der Waals surface area contributed by atoms with Crippen LogP contribution in [0.4, 0.5) is 24.0 Å². The lowest BCUT2D eigenvalue weighted by Crippen LogP contribution is -2.53. The third kappa shape index (κ3) is 9.79. The van der Waals surface area contributed by atoms with Crippen LogP contribution in [-0.4, -0.2) is 74.7 Å². The van der Waals surface area contributed by atoms with Gasteiger partial charge in [-0.2, -0.15) is 13.2 Å². The first-order chi connectivity index (χ1) is 30.6. The molecule has 1 unspecified atom stereocenters. The fourth-order valence-electron chi connectivity index (χ4n) is 8.75. The van der Waals surface area contributed by atoms with Crippen LogP contribution in [0.1, 0.15) is 69.9 Å². The second-order valence-electron chi connectivity index (χ2n) is 17.1. The molecule has 1 saturated carbocycles. The van der Waals surface area contributed by atoms with Crippen molar-refractivity contribution in [3.05, 3.63) is 108 Å². The minimum atomic E-state index is -4.69. The van der Waals surface area contributed by atoms with Crippen molar-refractivity contribution in [3.63, 3.8) is 0 Å².